The molecule has 1 aromatic carbocycles. The number of hydrogen-bond acceptors (Lipinski definition) is 2. The lowest BCUT2D eigenvalue weighted by Gasteiger charge is -2.39. The molecule has 1 aliphatic heterocycles. The Balaban J connectivity index is 2.12. The van der Waals surface area contributed by atoms with Crippen LogP contribution in [-0.4, -0.2) is 24.9 Å². The number of hydrogen-bond donors (Lipinski definition) is 0. The summed E-state index contributed by atoms with van der Waals surface area (Å²) in [7, 11) is 1.75. The van der Waals surface area contributed by atoms with Gasteiger partial charge in [-0.15, -0.1) is 0 Å². The topological polar surface area (TPSA) is 40.6 Å². The first-order valence-electron chi connectivity index (χ1n) is 6.41. The van der Waals surface area contributed by atoms with Gasteiger partial charge in [-0.3, -0.25) is 14.5 Å². The fourth-order valence-electron chi connectivity index (χ4n) is 2.53. The van der Waals surface area contributed by atoms with Gasteiger partial charge in [0.2, 0.25) is 11.8 Å². The summed E-state index contributed by atoms with van der Waals surface area (Å²) < 4.78 is 0.912. The molecule has 1 heterocycles. The summed E-state index contributed by atoms with van der Waals surface area (Å²) >= 11 is 3.43. The Morgan fingerprint density at radius 2 is 2.00 bits per heavy atom. The molecule has 0 radical (unpaired) electrons. The molecule has 1 aromatic rings. The van der Waals surface area contributed by atoms with Crippen molar-refractivity contribution in [3.05, 3.63) is 22.7 Å². The number of carbonyl (C=O) groups excluding carboxylic acids is 2. The van der Waals surface area contributed by atoms with E-state index in [1.165, 1.54) is 0 Å². The van der Waals surface area contributed by atoms with E-state index in [4.69, 9.17) is 0 Å². The minimum absolute atomic E-state index is 0.0381. The summed E-state index contributed by atoms with van der Waals surface area (Å²) in [6.45, 7) is 1.79. The molecule has 5 heteroatoms. The predicted molar refractivity (Wildman–Crippen MR) is 77.2 cm³/mol. The second-order valence-corrected chi connectivity index (χ2v) is 6.10. The molecule has 3 rings (SSSR count). The maximum absolute atomic E-state index is 12.4. The summed E-state index contributed by atoms with van der Waals surface area (Å²) in [5, 5.41) is 0. The first-order valence-corrected chi connectivity index (χ1v) is 7.20. The third-order valence-corrected chi connectivity index (χ3v) is 4.29. The molecular weight excluding hydrogens is 308 g/mol. The monoisotopic (exact) mass is 322 g/mol. The number of rotatable bonds is 1. The Kier molecular flexibility index (Phi) is 2.89. The Bertz CT molecular complexity index is 569. The van der Waals surface area contributed by atoms with Gasteiger partial charge in [-0.05, 0) is 38.0 Å². The van der Waals surface area contributed by atoms with Crippen LogP contribution in [0.25, 0.3) is 0 Å². The van der Waals surface area contributed by atoms with E-state index in [9.17, 15) is 9.59 Å². The molecule has 0 N–H and O–H groups in total. The molecule has 1 atom stereocenters. The first kappa shape index (κ1) is 12.7. The fourth-order valence-corrected chi connectivity index (χ4v) is 2.88. The molecule has 0 unspecified atom stereocenters. The molecule has 1 aliphatic carbocycles. The third kappa shape index (κ3) is 1.96. The number of likely N-dealkylation sites (N-methyl/N-ethyl adjacent to an activating group) is 1. The molecular formula is C14H15BrN2O2. The Hall–Kier alpha value is -1.36. The second-order valence-electron chi connectivity index (χ2n) is 5.19. The quantitative estimate of drug-likeness (QED) is 0.797. The van der Waals surface area contributed by atoms with Crippen molar-refractivity contribution < 1.29 is 9.59 Å². The highest BCUT2D eigenvalue weighted by Gasteiger charge is 2.42. The van der Waals surface area contributed by atoms with Crippen LogP contribution in [0.3, 0.4) is 0 Å². The van der Waals surface area contributed by atoms with Crippen molar-refractivity contribution in [1.82, 2.24) is 0 Å². The highest BCUT2D eigenvalue weighted by Crippen LogP contribution is 2.41. The molecule has 100 valence electrons. The lowest BCUT2D eigenvalue weighted by molar-refractivity contribution is -0.125. The average Bonchev–Trinajstić information content (AvgIpc) is 3.20. The molecule has 4 nitrogen and oxygen atoms in total. The largest absolute Gasteiger partial charge is 0.312 e. The van der Waals surface area contributed by atoms with Gasteiger partial charge in [0, 0.05) is 17.4 Å². The first-order chi connectivity index (χ1) is 9.00. The normalized spacial score (nSPS) is 22.5. The predicted octanol–water partition coefficient (Wildman–Crippen LogP) is 2.56. The van der Waals surface area contributed by atoms with Crippen LogP contribution in [0, 0.1) is 5.92 Å². The highest BCUT2D eigenvalue weighted by atomic mass is 79.9. The van der Waals surface area contributed by atoms with E-state index in [0.717, 1.165) is 28.7 Å². The van der Waals surface area contributed by atoms with Gasteiger partial charge in [-0.2, -0.15) is 0 Å². The summed E-state index contributed by atoms with van der Waals surface area (Å²) in [4.78, 5) is 28.0. The van der Waals surface area contributed by atoms with Gasteiger partial charge in [0.25, 0.3) is 0 Å². The number of halogens is 1. The van der Waals surface area contributed by atoms with E-state index >= 15 is 0 Å². The highest BCUT2D eigenvalue weighted by molar-refractivity contribution is 9.10. The fraction of sp³-hybridized carbons (Fsp3) is 0.429. The van der Waals surface area contributed by atoms with Gasteiger partial charge in [-0.25, -0.2) is 0 Å². The number of carbonyl (C=O) groups is 2. The maximum atomic E-state index is 12.4. The second kappa shape index (κ2) is 4.34. The van der Waals surface area contributed by atoms with Gasteiger partial charge in [-0.1, -0.05) is 15.9 Å². The smallest absolute Gasteiger partial charge is 0.249 e. The van der Waals surface area contributed by atoms with Crippen LogP contribution >= 0.6 is 15.9 Å². The Morgan fingerprint density at radius 3 is 2.63 bits per heavy atom. The van der Waals surface area contributed by atoms with Crippen molar-refractivity contribution in [2.75, 3.05) is 16.8 Å². The van der Waals surface area contributed by atoms with E-state index in [1.54, 1.807) is 23.8 Å². The zero-order chi connectivity index (χ0) is 13.7. The van der Waals surface area contributed by atoms with Crippen molar-refractivity contribution in [2.24, 2.45) is 5.92 Å². The molecule has 0 bridgehead atoms. The van der Waals surface area contributed by atoms with Gasteiger partial charge >= 0.3 is 0 Å². The molecule has 0 spiro atoms. The summed E-state index contributed by atoms with van der Waals surface area (Å²) in [5.41, 5.74) is 1.61. The summed E-state index contributed by atoms with van der Waals surface area (Å²) in [6, 6.07) is 5.24. The molecule has 1 saturated carbocycles. The number of anilines is 2. The van der Waals surface area contributed by atoms with Crippen molar-refractivity contribution in [3.63, 3.8) is 0 Å². The third-order valence-electron chi connectivity index (χ3n) is 3.80. The molecule has 0 aromatic heterocycles. The van der Waals surface area contributed by atoms with Gasteiger partial charge < -0.3 is 4.90 Å². The zero-order valence-corrected chi connectivity index (χ0v) is 12.5. The minimum Gasteiger partial charge on any atom is -0.312 e. The standard InChI is InChI=1S/C14H15BrN2O2/c1-8-13(18)16(2)11-6-5-10(15)7-12(11)17(8)14(19)9-3-4-9/h5-9H,3-4H2,1-2H3/t8-/m1/s1. The number of fused-ring (bicyclic) bond motifs is 1. The Labute approximate surface area is 120 Å². The lowest BCUT2D eigenvalue weighted by atomic mass is 10.1. The number of nitrogens with zero attached hydrogens (tertiary/aromatic N) is 2. The van der Waals surface area contributed by atoms with Crippen molar-refractivity contribution >= 4 is 39.1 Å². The number of benzene rings is 1. The lowest BCUT2D eigenvalue weighted by Crippen LogP contribution is -2.53. The van der Waals surface area contributed by atoms with E-state index in [1.807, 2.05) is 18.2 Å². The van der Waals surface area contributed by atoms with Crippen LogP contribution in [0.4, 0.5) is 11.4 Å². The Morgan fingerprint density at radius 1 is 1.32 bits per heavy atom. The zero-order valence-electron chi connectivity index (χ0n) is 10.9. The summed E-state index contributed by atoms with van der Waals surface area (Å²) in [6.07, 6.45) is 1.88. The van der Waals surface area contributed by atoms with Crippen molar-refractivity contribution in [3.8, 4) is 0 Å². The van der Waals surface area contributed by atoms with E-state index in [-0.39, 0.29) is 17.7 Å². The van der Waals surface area contributed by atoms with Gasteiger partial charge in [0.1, 0.15) is 6.04 Å². The van der Waals surface area contributed by atoms with Crippen LogP contribution in [-0.2, 0) is 9.59 Å². The SMILES string of the molecule is C[C@@H]1C(=O)N(C)c2ccc(Br)cc2N1C(=O)C1CC1. The van der Waals surface area contributed by atoms with Crippen LogP contribution < -0.4 is 9.80 Å². The molecule has 2 aliphatic rings. The van der Waals surface area contributed by atoms with Gasteiger partial charge in [0.15, 0.2) is 0 Å². The molecule has 2 amide bonds. The molecule has 19 heavy (non-hydrogen) atoms. The van der Waals surface area contributed by atoms with E-state index < -0.39 is 6.04 Å². The maximum Gasteiger partial charge on any atom is 0.249 e. The van der Waals surface area contributed by atoms with Crippen molar-refractivity contribution in [1.29, 1.82) is 0 Å². The van der Waals surface area contributed by atoms with Crippen LogP contribution in [0.5, 0.6) is 0 Å². The van der Waals surface area contributed by atoms with E-state index in [0.29, 0.717) is 0 Å². The summed E-state index contributed by atoms with van der Waals surface area (Å²) in [5.74, 6) is 0.141. The molecule has 0 saturated heterocycles. The average molecular weight is 323 g/mol. The van der Waals surface area contributed by atoms with Gasteiger partial charge in [0.05, 0.1) is 11.4 Å². The van der Waals surface area contributed by atoms with Crippen LogP contribution in [0.2, 0.25) is 0 Å². The van der Waals surface area contributed by atoms with Crippen LogP contribution in [0.15, 0.2) is 22.7 Å². The minimum atomic E-state index is -0.431. The van der Waals surface area contributed by atoms with E-state index in [2.05, 4.69) is 15.9 Å². The van der Waals surface area contributed by atoms with Crippen molar-refractivity contribution in [2.45, 2.75) is 25.8 Å². The molecule has 1 fully saturated rings. The van der Waals surface area contributed by atoms with Crippen LogP contribution in [0.1, 0.15) is 19.8 Å². The number of amides is 2.